The summed E-state index contributed by atoms with van der Waals surface area (Å²) in [5.41, 5.74) is 1.63. The molecule has 1 heterocycles. The number of likely N-dealkylation sites (N-methyl/N-ethyl adjacent to an activating group) is 1. The Kier molecular flexibility index (Phi) is 4.71. The summed E-state index contributed by atoms with van der Waals surface area (Å²) in [4.78, 5) is 2.03. The number of nitrogens with zero attached hydrogens (tertiary/aromatic N) is 2. The Morgan fingerprint density at radius 1 is 1.12 bits per heavy atom. The molecule has 1 aliphatic rings. The van der Waals surface area contributed by atoms with E-state index in [1.54, 1.807) is 6.07 Å². The largest absolute Gasteiger partial charge is 0.494 e. The van der Waals surface area contributed by atoms with Crippen LogP contribution in [-0.2, 0) is 16.6 Å². The van der Waals surface area contributed by atoms with Crippen molar-refractivity contribution in [3.63, 3.8) is 0 Å². The minimum Gasteiger partial charge on any atom is -0.494 e. The van der Waals surface area contributed by atoms with Crippen LogP contribution >= 0.6 is 0 Å². The third kappa shape index (κ3) is 3.09. The molecule has 0 saturated heterocycles. The van der Waals surface area contributed by atoms with Crippen LogP contribution in [0.15, 0.2) is 41.3 Å². The van der Waals surface area contributed by atoms with Crippen molar-refractivity contribution in [2.75, 3.05) is 31.6 Å². The van der Waals surface area contributed by atoms with Crippen molar-refractivity contribution in [2.45, 2.75) is 18.4 Å². The van der Waals surface area contributed by atoms with Crippen LogP contribution in [0.1, 0.15) is 11.1 Å². The second kappa shape index (κ2) is 6.65. The summed E-state index contributed by atoms with van der Waals surface area (Å²) in [6, 6.07) is 10.2. The zero-order chi connectivity index (χ0) is 18.2. The van der Waals surface area contributed by atoms with Crippen LogP contribution in [0.4, 0.5) is 10.1 Å². The smallest absolute Gasteiger partial charge is 0.264 e. The Morgan fingerprint density at radius 3 is 2.56 bits per heavy atom. The Morgan fingerprint density at radius 2 is 1.84 bits per heavy atom. The molecule has 1 aliphatic heterocycles. The maximum absolute atomic E-state index is 14.4. The van der Waals surface area contributed by atoms with Gasteiger partial charge in [-0.15, -0.1) is 0 Å². The first kappa shape index (κ1) is 17.7. The van der Waals surface area contributed by atoms with Gasteiger partial charge in [-0.3, -0.25) is 4.31 Å². The summed E-state index contributed by atoms with van der Waals surface area (Å²) in [5.74, 6) is -0.615. The van der Waals surface area contributed by atoms with Gasteiger partial charge in [-0.05, 0) is 37.7 Å². The highest BCUT2D eigenvalue weighted by Crippen LogP contribution is 2.33. The first-order valence-corrected chi connectivity index (χ1v) is 9.42. The fraction of sp³-hybridized carbons (Fsp3) is 0.333. The van der Waals surface area contributed by atoms with E-state index in [4.69, 9.17) is 4.74 Å². The molecule has 0 N–H and O–H groups in total. The van der Waals surface area contributed by atoms with E-state index >= 15 is 0 Å². The van der Waals surface area contributed by atoms with Crippen molar-refractivity contribution in [3.05, 3.63) is 53.3 Å². The number of anilines is 1. The lowest BCUT2D eigenvalue weighted by atomic mass is 10.2. The number of benzene rings is 2. The standard InChI is InChI=1S/C18H21FN2O3S/c1-13-17(9-8-16(24-3)18(13)19)25(22,23)21-11-10-20(2)12-14-6-4-5-7-15(14)21/h4-9H,10-12H2,1-3H3. The van der Waals surface area contributed by atoms with Crippen molar-refractivity contribution in [3.8, 4) is 5.75 Å². The van der Waals surface area contributed by atoms with E-state index < -0.39 is 15.8 Å². The first-order chi connectivity index (χ1) is 11.9. The molecule has 2 aromatic carbocycles. The van der Waals surface area contributed by atoms with E-state index in [9.17, 15) is 12.8 Å². The van der Waals surface area contributed by atoms with Gasteiger partial charge in [-0.1, -0.05) is 18.2 Å². The Labute approximate surface area is 147 Å². The average Bonchev–Trinajstić information content (AvgIpc) is 2.75. The average molecular weight is 364 g/mol. The normalized spacial score (nSPS) is 15.6. The van der Waals surface area contributed by atoms with Crippen LogP contribution in [0.2, 0.25) is 0 Å². The summed E-state index contributed by atoms with van der Waals surface area (Å²) in [6.45, 7) is 3.02. The molecule has 134 valence electrons. The highest BCUT2D eigenvalue weighted by Gasteiger charge is 2.31. The number of hydrogen-bond donors (Lipinski definition) is 0. The zero-order valence-corrected chi connectivity index (χ0v) is 15.3. The number of rotatable bonds is 3. The highest BCUT2D eigenvalue weighted by atomic mass is 32.2. The lowest BCUT2D eigenvalue weighted by Gasteiger charge is -2.25. The molecule has 0 aromatic heterocycles. The summed E-state index contributed by atoms with van der Waals surface area (Å²) >= 11 is 0. The minimum absolute atomic E-state index is 0.0347. The molecule has 2 aromatic rings. The van der Waals surface area contributed by atoms with Crippen molar-refractivity contribution >= 4 is 15.7 Å². The second-order valence-electron chi connectivity index (χ2n) is 6.15. The molecular weight excluding hydrogens is 343 g/mol. The molecule has 0 aliphatic carbocycles. The number of para-hydroxylation sites is 1. The maximum Gasteiger partial charge on any atom is 0.264 e. The first-order valence-electron chi connectivity index (χ1n) is 7.98. The fourth-order valence-corrected chi connectivity index (χ4v) is 4.80. The van der Waals surface area contributed by atoms with Gasteiger partial charge in [0.1, 0.15) is 0 Å². The molecule has 0 amide bonds. The predicted octanol–water partition coefficient (Wildman–Crippen LogP) is 2.78. The van der Waals surface area contributed by atoms with Gasteiger partial charge in [0.05, 0.1) is 17.7 Å². The summed E-state index contributed by atoms with van der Waals surface area (Å²) in [7, 11) is -0.586. The molecule has 0 unspecified atom stereocenters. The SMILES string of the molecule is COc1ccc(S(=O)(=O)N2CCN(C)Cc3ccccc32)c(C)c1F. The molecular formula is C18H21FN2O3S. The van der Waals surface area contributed by atoms with E-state index in [0.29, 0.717) is 25.3 Å². The summed E-state index contributed by atoms with van der Waals surface area (Å²) in [5, 5.41) is 0. The highest BCUT2D eigenvalue weighted by molar-refractivity contribution is 7.92. The fourth-order valence-electron chi connectivity index (χ4n) is 3.09. The van der Waals surface area contributed by atoms with Gasteiger partial charge < -0.3 is 9.64 Å². The molecule has 0 atom stereocenters. The molecule has 0 spiro atoms. The summed E-state index contributed by atoms with van der Waals surface area (Å²) in [6.07, 6.45) is 0. The maximum atomic E-state index is 14.4. The van der Waals surface area contributed by atoms with Crippen molar-refractivity contribution in [1.82, 2.24) is 4.90 Å². The van der Waals surface area contributed by atoms with Gasteiger partial charge in [-0.2, -0.15) is 0 Å². The molecule has 3 rings (SSSR count). The molecule has 25 heavy (non-hydrogen) atoms. The van der Waals surface area contributed by atoms with Gasteiger partial charge in [0.2, 0.25) is 0 Å². The summed E-state index contributed by atoms with van der Waals surface area (Å²) < 4.78 is 47.3. The second-order valence-corrected chi connectivity index (χ2v) is 7.98. The molecule has 7 heteroatoms. The van der Waals surface area contributed by atoms with Crippen LogP contribution in [0, 0.1) is 12.7 Å². The number of methoxy groups -OCH3 is 1. The van der Waals surface area contributed by atoms with Crippen molar-refractivity contribution in [2.24, 2.45) is 0 Å². The van der Waals surface area contributed by atoms with Gasteiger partial charge in [0, 0.05) is 25.2 Å². The number of halogens is 1. The quantitative estimate of drug-likeness (QED) is 0.840. The van der Waals surface area contributed by atoms with Gasteiger partial charge >= 0.3 is 0 Å². The topological polar surface area (TPSA) is 49.9 Å². The number of sulfonamides is 1. The van der Waals surface area contributed by atoms with Crippen LogP contribution in [0.25, 0.3) is 0 Å². The Bertz CT molecular complexity index is 899. The van der Waals surface area contributed by atoms with Gasteiger partial charge in [0.25, 0.3) is 10.0 Å². The van der Waals surface area contributed by atoms with Crippen LogP contribution in [0.3, 0.4) is 0 Å². The Hall–Kier alpha value is -2.12. The van der Waals surface area contributed by atoms with Crippen molar-refractivity contribution in [1.29, 1.82) is 0 Å². The van der Waals surface area contributed by atoms with Crippen LogP contribution in [-0.4, -0.2) is 40.6 Å². The van der Waals surface area contributed by atoms with Gasteiger partial charge in [0.15, 0.2) is 11.6 Å². The minimum atomic E-state index is -3.89. The molecule has 0 fully saturated rings. The van der Waals surface area contributed by atoms with Crippen molar-refractivity contribution < 1.29 is 17.5 Å². The molecule has 0 radical (unpaired) electrons. The number of ether oxygens (including phenoxy) is 1. The predicted molar refractivity (Wildman–Crippen MR) is 95.0 cm³/mol. The van der Waals surface area contributed by atoms with Crippen LogP contribution in [0.5, 0.6) is 5.75 Å². The van der Waals surface area contributed by atoms with E-state index in [-0.39, 0.29) is 16.2 Å². The van der Waals surface area contributed by atoms with E-state index in [1.165, 1.54) is 30.5 Å². The third-order valence-electron chi connectivity index (χ3n) is 4.47. The van der Waals surface area contributed by atoms with Gasteiger partial charge in [-0.25, -0.2) is 12.8 Å². The molecule has 0 saturated carbocycles. The Balaban J connectivity index is 2.14. The lowest BCUT2D eigenvalue weighted by Crippen LogP contribution is -2.35. The lowest BCUT2D eigenvalue weighted by molar-refractivity contribution is 0.344. The number of fused-ring (bicyclic) bond motifs is 1. The van der Waals surface area contributed by atoms with E-state index in [2.05, 4.69) is 4.90 Å². The molecule has 0 bridgehead atoms. The van der Waals surface area contributed by atoms with E-state index in [0.717, 1.165) is 5.56 Å². The molecule has 5 nitrogen and oxygen atoms in total. The van der Waals surface area contributed by atoms with Crippen LogP contribution < -0.4 is 9.04 Å². The monoisotopic (exact) mass is 364 g/mol. The van der Waals surface area contributed by atoms with E-state index in [1.807, 2.05) is 25.2 Å². The zero-order valence-electron chi connectivity index (χ0n) is 14.5. The number of hydrogen-bond acceptors (Lipinski definition) is 4. The third-order valence-corrected chi connectivity index (χ3v) is 6.43.